The number of aromatic hydroxyl groups is 2. The molecule has 0 amide bonds. The van der Waals surface area contributed by atoms with Gasteiger partial charge in [0.25, 0.3) is 0 Å². The van der Waals surface area contributed by atoms with E-state index in [1.54, 1.807) is 0 Å². The van der Waals surface area contributed by atoms with Crippen LogP contribution in [0.4, 0.5) is 0 Å². The minimum atomic E-state index is -2.68. The number of hydrogen-bond acceptors (Lipinski definition) is 16. The third kappa shape index (κ3) is 8.41. The molecular formula is C34H40O18. The number of hydrogen-bond donors (Lipinski definition) is 12. The van der Waals surface area contributed by atoms with Crippen LogP contribution in [0.1, 0.15) is 36.8 Å². The van der Waals surface area contributed by atoms with Crippen molar-refractivity contribution in [3.63, 3.8) is 0 Å². The van der Waals surface area contributed by atoms with Gasteiger partial charge in [0.05, 0.1) is 32.5 Å². The van der Waals surface area contributed by atoms with Gasteiger partial charge in [-0.25, -0.2) is 9.59 Å². The Bertz CT molecular complexity index is 1720. The summed E-state index contributed by atoms with van der Waals surface area (Å²) in [6.45, 7) is 0. The highest BCUT2D eigenvalue weighted by atomic mass is 16.5. The second-order valence-corrected chi connectivity index (χ2v) is 12.5. The average molecular weight is 737 g/mol. The van der Waals surface area contributed by atoms with E-state index in [1.165, 1.54) is 62.8 Å². The summed E-state index contributed by atoms with van der Waals surface area (Å²) in [5, 5.41) is 118. The van der Waals surface area contributed by atoms with Crippen molar-refractivity contribution in [3.8, 4) is 23.0 Å². The fourth-order valence-electron chi connectivity index (χ4n) is 5.77. The van der Waals surface area contributed by atoms with Crippen LogP contribution < -0.4 is 9.47 Å². The number of carbonyl (C=O) groups excluding carboxylic acids is 2. The highest BCUT2D eigenvalue weighted by Crippen LogP contribution is 2.39. The zero-order chi connectivity index (χ0) is 39.4. The predicted octanol–water partition coefficient (Wildman–Crippen LogP) is -1.91. The standard InChI is InChI=1S/2C17H20O9/c1-26-12-6-9(2-4-10(12)18)3-5-13(20)17(25)8-16(24,15(22)23)7-11(19)14(17)21;1-26-11-6-9(2-4-10(11)18)3-5-12(19)17(25)13(20)7-16(24,15(22)23)8-14(17)21/h2-6,11,14,18-19,21,24-25H,7-8H2,1H3,(H,22,23);2-6,13-14,18,20-21,24-25H,7-8H2,1H3,(H,22,23)/b2*5-3+/t11-,14?,16?,17+;13-,14-,16?,17?/m11/s1. The lowest BCUT2D eigenvalue weighted by Gasteiger charge is -2.44. The van der Waals surface area contributed by atoms with Crippen LogP contribution >= 0.6 is 0 Å². The first-order valence-electron chi connectivity index (χ1n) is 15.4. The lowest BCUT2D eigenvalue weighted by molar-refractivity contribution is -0.215. The molecule has 2 aromatic rings. The number of aliphatic carboxylic acids is 2. The van der Waals surface area contributed by atoms with Crippen LogP contribution in [0.5, 0.6) is 23.0 Å². The average Bonchev–Trinajstić information content (AvgIpc) is 3.08. The molecule has 52 heavy (non-hydrogen) atoms. The Labute approximate surface area is 295 Å². The maximum absolute atomic E-state index is 12.4. The molecular weight excluding hydrogens is 696 g/mol. The number of carboxylic acids is 2. The highest BCUT2D eigenvalue weighted by molar-refractivity contribution is 6.02. The number of ketones is 2. The maximum atomic E-state index is 12.4. The Morgan fingerprint density at radius 3 is 1.50 bits per heavy atom. The van der Waals surface area contributed by atoms with Gasteiger partial charge in [0, 0.05) is 25.7 Å². The van der Waals surface area contributed by atoms with E-state index in [9.17, 15) is 70.2 Å². The van der Waals surface area contributed by atoms with Gasteiger partial charge in [-0.3, -0.25) is 9.59 Å². The number of carboxylic acid groups (broad SMARTS) is 2. The number of rotatable bonds is 10. The van der Waals surface area contributed by atoms with Crippen LogP contribution in [-0.2, 0) is 19.2 Å². The highest BCUT2D eigenvalue weighted by Gasteiger charge is 2.60. The smallest absolute Gasteiger partial charge is 0.335 e. The largest absolute Gasteiger partial charge is 0.504 e. The molecule has 6 atom stereocenters. The van der Waals surface area contributed by atoms with E-state index in [0.29, 0.717) is 11.1 Å². The molecule has 2 unspecified atom stereocenters. The summed E-state index contributed by atoms with van der Waals surface area (Å²) in [5.74, 6) is -5.46. The first-order valence-corrected chi connectivity index (χ1v) is 15.4. The molecule has 0 radical (unpaired) electrons. The molecule has 12 N–H and O–H groups in total. The van der Waals surface area contributed by atoms with Gasteiger partial charge < -0.3 is 70.8 Å². The molecule has 0 heterocycles. The number of phenols is 2. The van der Waals surface area contributed by atoms with Gasteiger partial charge in [-0.15, -0.1) is 0 Å². The summed E-state index contributed by atoms with van der Waals surface area (Å²) in [6, 6.07) is 8.38. The quantitative estimate of drug-likeness (QED) is 0.118. The van der Waals surface area contributed by atoms with E-state index >= 15 is 0 Å². The molecule has 284 valence electrons. The Morgan fingerprint density at radius 1 is 0.673 bits per heavy atom. The lowest BCUT2D eigenvalue weighted by atomic mass is 9.70. The molecule has 0 aliphatic heterocycles. The second-order valence-electron chi connectivity index (χ2n) is 12.5. The van der Waals surface area contributed by atoms with E-state index in [-0.39, 0.29) is 23.0 Å². The molecule has 0 bridgehead atoms. The molecule has 0 aromatic heterocycles. The van der Waals surface area contributed by atoms with Crippen molar-refractivity contribution in [3.05, 3.63) is 59.7 Å². The summed E-state index contributed by atoms with van der Waals surface area (Å²) in [5.41, 5.74) is -9.49. The van der Waals surface area contributed by atoms with Crippen molar-refractivity contribution in [1.29, 1.82) is 0 Å². The minimum absolute atomic E-state index is 0.110. The molecule has 2 fully saturated rings. The third-order valence-electron chi connectivity index (χ3n) is 8.92. The number of benzene rings is 2. The third-order valence-corrected chi connectivity index (χ3v) is 8.92. The lowest BCUT2D eigenvalue weighted by Crippen LogP contribution is -2.66. The molecule has 0 saturated heterocycles. The number of ether oxygens (including phenoxy) is 2. The number of aliphatic hydroxyl groups excluding tert-OH is 4. The van der Waals surface area contributed by atoms with Crippen molar-refractivity contribution in [1.82, 2.24) is 0 Å². The number of carbonyl (C=O) groups is 4. The monoisotopic (exact) mass is 736 g/mol. The summed E-state index contributed by atoms with van der Waals surface area (Å²) >= 11 is 0. The van der Waals surface area contributed by atoms with E-state index in [0.717, 1.165) is 12.2 Å². The molecule has 2 aromatic carbocycles. The summed E-state index contributed by atoms with van der Waals surface area (Å²) < 4.78 is 9.85. The molecule has 0 spiro atoms. The van der Waals surface area contributed by atoms with Crippen LogP contribution in [-0.4, -0.2) is 146 Å². The number of aliphatic hydroxyl groups is 8. The van der Waals surface area contributed by atoms with Crippen LogP contribution in [0.3, 0.4) is 0 Å². The van der Waals surface area contributed by atoms with E-state index in [1.807, 2.05) is 0 Å². The van der Waals surface area contributed by atoms with Crippen molar-refractivity contribution in [2.75, 3.05) is 14.2 Å². The summed E-state index contributed by atoms with van der Waals surface area (Å²) in [7, 11) is 2.68. The zero-order valence-electron chi connectivity index (χ0n) is 27.7. The molecule has 18 nitrogen and oxygen atoms in total. The Kier molecular flexibility index (Phi) is 12.6. The second kappa shape index (κ2) is 15.8. The van der Waals surface area contributed by atoms with Gasteiger partial charge in [0.1, 0.15) is 6.10 Å². The van der Waals surface area contributed by atoms with E-state index in [4.69, 9.17) is 19.7 Å². The van der Waals surface area contributed by atoms with Crippen LogP contribution in [0.25, 0.3) is 12.2 Å². The molecule has 2 saturated carbocycles. The summed E-state index contributed by atoms with van der Waals surface area (Å²) in [4.78, 5) is 47.0. The topological polar surface area (TPSA) is 330 Å². The first-order chi connectivity index (χ1) is 24.1. The first kappa shape index (κ1) is 41.5. The normalized spacial score (nSPS) is 31.7. The van der Waals surface area contributed by atoms with Crippen molar-refractivity contribution in [2.24, 2.45) is 0 Å². The fourth-order valence-corrected chi connectivity index (χ4v) is 5.77. The van der Waals surface area contributed by atoms with Crippen LogP contribution in [0.2, 0.25) is 0 Å². The van der Waals surface area contributed by atoms with Crippen molar-refractivity contribution < 1.29 is 89.9 Å². The predicted molar refractivity (Wildman–Crippen MR) is 175 cm³/mol. The van der Waals surface area contributed by atoms with Gasteiger partial charge in [-0.1, -0.05) is 24.3 Å². The van der Waals surface area contributed by atoms with Gasteiger partial charge in [0.15, 0.2) is 57.0 Å². The number of phenolic OH excluding ortho intramolecular Hbond substituents is 2. The minimum Gasteiger partial charge on any atom is -0.504 e. The van der Waals surface area contributed by atoms with Crippen molar-refractivity contribution >= 4 is 35.7 Å². The Morgan fingerprint density at radius 2 is 1.10 bits per heavy atom. The fraction of sp³-hybridized carbons (Fsp3) is 0.412. The Hall–Kier alpha value is -4.92. The van der Waals surface area contributed by atoms with Crippen LogP contribution in [0.15, 0.2) is 48.6 Å². The number of methoxy groups -OCH3 is 2. The molecule has 2 aliphatic carbocycles. The molecule has 18 heteroatoms. The van der Waals surface area contributed by atoms with Crippen molar-refractivity contribution in [2.45, 2.75) is 72.5 Å². The molecule has 2 aliphatic rings. The van der Waals surface area contributed by atoms with Gasteiger partial charge in [-0.05, 0) is 47.5 Å². The molecule has 4 rings (SSSR count). The Balaban J connectivity index is 0.000000280. The summed E-state index contributed by atoms with van der Waals surface area (Å²) in [6.07, 6.45) is -6.78. The van der Waals surface area contributed by atoms with Crippen LogP contribution in [0, 0.1) is 0 Å². The van der Waals surface area contributed by atoms with Gasteiger partial charge >= 0.3 is 11.9 Å². The van der Waals surface area contributed by atoms with Gasteiger partial charge in [0.2, 0.25) is 0 Å². The van der Waals surface area contributed by atoms with Gasteiger partial charge in [-0.2, -0.15) is 0 Å². The SMILES string of the molecule is COc1cc(/C=C/C(=O)C2(O)[C@H](O)CC(O)(C(=O)O)C[C@H]2O)ccc1O.COc1cc(/C=C/C(=O)[C@@]2(O)CC(O)(C(=O)O)C[C@@H](O)C2O)ccc1O. The van der Waals surface area contributed by atoms with E-state index in [2.05, 4.69) is 0 Å². The maximum Gasteiger partial charge on any atom is 0.335 e. The zero-order valence-corrected chi connectivity index (χ0v) is 27.7. The van der Waals surface area contributed by atoms with E-state index < -0.39 is 96.0 Å².